The van der Waals surface area contributed by atoms with E-state index in [9.17, 15) is 0 Å². The van der Waals surface area contributed by atoms with Gasteiger partial charge in [0, 0.05) is 0 Å². The first-order valence-corrected chi connectivity index (χ1v) is 11.3. The van der Waals surface area contributed by atoms with E-state index in [0.717, 1.165) is 37.7 Å². The third kappa shape index (κ3) is 5.94. The Morgan fingerprint density at radius 1 is 0.514 bits per heavy atom. The highest BCUT2D eigenvalue weighted by Crippen LogP contribution is 2.22. The van der Waals surface area contributed by atoms with Gasteiger partial charge in [0.2, 0.25) is 12.7 Å². The summed E-state index contributed by atoms with van der Waals surface area (Å²) in [4.78, 5) is 0. The normalized spacial score (nSPS) is 12.5. The van der Waals surface area contributed by atoms with Crippen LogP contribution in [0.4, 0.5) is 0 Å². The number of halogens is 2. The van der Waals surface area contributed by atoms with Gasteiger partial charge in [-0.25, -0.2) is 18.3 Å². The van der Waals surface area contributed by atoms with Crippen LogP contribution in [0.25, 0.3) is 0 Å². The minimum absolute atomic E-state index is 0. The summed E-state index contributed by atoms with van der Waals surface area (Å²) < 4.78 is 14.9. The fourth-order valence-corrected chi connectivity index (χ4v) is 4.31. The first-order chi connectivity index (χ1) is 16.2. The Balaban J connectivity index is 0.00000144. The molecule has 0 atom stereocenters. The molecule has 7 heteroatoms. The molecule has 0 amide bonds. The molecule has 0 spiro atoms. The average molecular weight is 505 g/mol. The Bertz CT molecular complexity index is 1270. The lowest BCUT2D eigenvalue weighted by atomic mass is 10.1. The summed E-state index contributed by atoms with van der Waals surface area (Å²) >= 11 is 0. The molecule has 8 heterocycles. The Labute approximate surface area is 217 Å². The molecule has 178 valence electrons. The van der Waals surface area contributed by atoms with E-state index in [1.165, 1.54) is 22.3 Å². The third-order valence-corrected chi connectivity index (χ3v) is 6.06. The van der Waals surface area contributed by atoms with E-state index in [4.69, 9.17) is 4.74 Å². The number of hydrogen-bond acceptors (Lipinski definition) is 1. The fourth-order valence-electron chi connectivity index (χ4n) is 4.31. The molecular weight excluding hydrogens is 479 g/mol. The van der Waals surface area contributed by atoms with E-state index in [-0.39, 0.29) is 24.8 Å². The molecular formula is C28H26Cl2N4O. The third-order valence-electron chi connectivity index (χ3n) is 6.06. The van der Waals surface area contributed by atoms with Crippen molar-refractivity contribution in [3.8, 4) is 11.5 Å². The lowest BCUT2D eigenvalue weighted by molar-refractivity contribution is -0.688. The van der Waals surface area contributed by atoms with Crippen molar-refractivity contribution in [2.45, 2.75) is 26.2 Å². The summed E-state index contributed by atoms with van der Waals surface area (Å²) in [5, 5.41) is 0. The molecule has 2 aromatic heterocycles. The SMILES string of the molecule is [Cl-].[Cl-].c1cc2ccc1Cn1cc[n+](c1)Cc1ccc(cc1)Oc1ccc(cc1)C[n+]1ccn(c1)C2. The summed E-state index contributed by atoms with van der Waals surface area (Å²) in [6.07, 6.45) is 12.8. The van der Waals surface area contributed by atoms with E-state index >= 15 is 0 Å². The van der Waals surface area contributed by atoms with E-state index in [1.54, 1.807) is 0 Å². The molecule has 0 aliphatic carbocycles. The van der Waals surface area contributed by atoms with Crippen molar-refractivity contribution in [3.63, 3.8) is 0 Å². The van der Waals surface area contributed by atoms with Crippen LogP contribution >= 0.6 is 0 Å². The quantitative estimate of drug-likeness (QED) is 0.223. The second-order valence-electron chi connectivity index (χ2n) is 8.72. The highest BCUT2D eigenvalue weighted by molar-refractivity contribution is 5.34. The van der Waals surface area contributed by atoms with Gasteiger partial charge in [0.1, 0.15) is 62.5 Å². The van der Waals surface area contributed by atoms with Crippen molar-refractivity contribution in [1.29, 1.82) is 0 Å². The van der Waals surface area contributed by atoms with Crippen LogP contribution in [0.2, 0.25) is 0 Å². The number of aromatic nitrogens is 4. The zero-order valence-corrected chi connectivity index (χ0v) is 20.7. The molecule has 5 aromatic rings. The maximum atomic E-state index is 6.06. The van der Waals surface area contributed by atoms with Gasteiger partial charge in [0.15, 0.2) is 0 Å². The van der Waals surface area contributed by atoms with E-state index in [1.807, 2.05) is 24.3 Å². The van der Waals surface area contributed by atoms with Gasteiger partial charge in [0.05, 0.1) is 0 Å². The second kappa shape index (κ2) is 10.8. The fraction of sp³-hybridized carbons (Fsp3) is 0.143. The van der Waals surface area contributed by atoms with Crippen LogP contribution in [0, 0.1) is 0 Å². The smallest absolute Gasteiger partial charge is 0.244 e. The summed E-state index contributed by atoms with van der Waals surface area (Å²) in [6, 6.07) is 25.6. The topological polar surface area (TPSA) is 26.8 Å². The van der Waals surface area contributed by atoms with Crippen molar-refractivity contribution in [1.82, 2.24) is 9.13 Å². The van der Waals surface area contributed by atoms with Crippen molar-refractivity contribution >= 4 is 0 Å². The number of rotatable bonds is 0. The van der Waals surface area contributed by atoms with Crippen molar-refractivity contribution in [3.05, 3.63) is 132 Å². The summed E-state index contributed by atoms with van der Waals surface area (Å²) in [7, 11) is 0. The molecule has 6 aliphatic heterocycles. The summed E-state index contributed by atoms with van der Waals surface area (Å²) in [6.45, 7) is 3.39. The van der Waals surface area contributed by atoms with Gasteiger partial charge in [0.25, 0.3) is 0 Å². The Kier molecular flexibility index (Phi) is 7.59. The van der Waals surface area contributed by atoms with Gasteiger partial charge in [-0.1, -0.05) is 48.5 Å². The van der Waals surface area contributed by atoms with Gasteiger partial charge in [-0.2, -0.15) is 0 Å². The average Bonchev–Trinajstić information content (AvgIpc) is 3.46. The molecule has 3 aromatic carbocycles. The number of ether oxygens (including phenoxy) is 1. The number of benzene rings is 3. The van der Waals surface area contributed by atoms with Crippen LogP contribution in [-0.2, 0) is 26.2 Å². The number of nitrogens with zero attached hydrogens (tertiary/aromatic N) is 4. The van der Waals surface area contributed by atoms with Crippen LogP contribution in [-0.4, -0.2) is 9.13 Å². The molecule has 10 bridgehead atoms. The van der Waals surface area contributed by atoms with Gasteiger partial charge in [-0.15, -0.1) is 0 Å². The van der Waals surface area contributed by atoms with Gasteiger partial charge in [-0.3, -0.25) is 0 Å². The van der Waals surface area contributed by atoms with Crippen LogP contribution in [0.5, 0.6) is 11.5 Å². The molecule has 0 N–H and O–H groups in total. The first-order valence-electron chi connectivity index (χ1n) is 11.3. The standard InChI is InChI=1S/C28H26N4O.2ClH/c1-2-24-4-3-23(1)17-29-13-15-31(21-29)19-25-5-9-27(10-6-25)33-28-11-7-26(8-12-28)20-32-16-14-30(18-24)22-32;;/h1-16,21-22H,17-20H2;2*1H/q+2;;/p-2. The maximum Gasteiger partial charge on any atom is 0.244 e. The molecule has 5 nitrogen and oxygen atoms in total. The minimum Gasteiger partial charge on any atom is -1.00 e. The lowest BCUT2D eigenvalue weighted by Crippen LogP contribution is -3.00. The lowest BCUT2D eigenvalue weighted by Gasteiger charge is -2.07. The second-order valence-corrected chi connectivity index (χ2v) is 8.72. The highest BCUT2D eigenvalue weighted by atomic mass is 35.5. The summed E-state index contributed by atoms with van der Waals surface area (Å²) in [5.74, 6) is 1.70. The monoisotopic (exact) mass is 504 g/mol. The molecule has 11 rings (SSSR count). The zero-order chi connectivity index (χ0) is 22.0. The minimum atomic E-state index is 0. The number of hydrogen-bond donors (Lipinski definition) is 0. The van der Waals surface area contributed by atoms with Gasteiger partial charge >= 0.3 is 0 Å². The van der Waals surface area contributed by atoms with Crippen molar-refractivity contribution in [2.75, 3.05) is 0 Å². The largest absolute Gasteiger partial charge is 1.00 e. The molecule has 0 saturated carbocycles. The molecule has 0 fully saturated rings. The van der Waals surface area contributed by atoms with E-state index in [2.05, 4.69) is 104 Å². The Morgan fingerprint density at radius 3 is 1.29 bits per heavy atom. The maximum absolute atomic E-state index is 6.06. The predicted molar refractivity (Wildman–Crippen MR) is 125 cm³/mol. The zero-order valence-electron chi connectivity index (χ0n) is 19.2. The Hall–Kier alpha value is -3.54. The highest BCUT2D eigenvalue weighted by Gasteiger charge is 2.09. The van der Waals surface area contributed by atoms with E-state index < -0.39 is 0 Å². The van der Waals surface area contributed by atoms with Crippen LogP contribution < -0.4 is 38.7 Å². The van der Waals surface area contributed by atoms with E-state index in [0.29, 0.717) is 0 Å². The van der Waals surface area contributed by atoms with Crippen LogP contribution in [0.15, 0.2) is 110 Å². The molecule has 35 heavy (non-hydrogen) atoms. The molecule has 0 radical (unpaired) electrons. The van der Waals surface area contributed by atoms with Crippen LogP contribution in [0.1, 0.15) is 22.3 Å². The first kappa shape index (κ1) is 24.6. The van der Waals surface area contributed by atoms with Crippen LogP contribution in [0.3, 0.4) is 0 Å². The van der Waals surface area contributed by atoms with Gasteiger partial charge in [-0.05, 0) is 46.5 Å². The molecule has 0 unspecified atom stereocenters. The predicted octanol–water partition coefficient (Wildman–Crippen LogP) is -1.83. The van der Waals surface area contributed by atoms with Crippen molar-refractivity contribution in [2.24, 2.45) is 0 Å². The number of imidazole rings is 2. The van der Waals surface area contributed by atoms with Crippen molar-refractivity contribution < 1.29 is 38.7 Å². The summed E-state index contributed by atoms with van der Waals surface area (Å²) in [5.41, 5.74) is 5.08. The molecule has 6 aliphatic rings. The molecule has 0 saturated heterocycles. The Morgan fingerprint density at radius 2 is 0.886 bits per heavy atom. The van der Waals surface area contributed by atoms with Gasteiger partial charge < -0.3 is 29.6 Å².